The van der Waals surface area contributed by atoms with Crippen molar-refractivity contribution >= 4 is 22.2 Å². The first-order chi connectivity index (χ1) is 11.9. The van der Waals surface area contributed by atoms with Crippen molar-refractivity contribution in [2.75, 3.05) is 6.79 Å². The predicted octanol–water partition coefficient (Wildman–Crippen LogP) is 1.86. The first-order valence-electron chi connectivity index (χ1n) is 6.88. The van der Waals surface area contributed by atoms with E-state index in [0.717, 1.165) is 16.9 Å². The summed E-state index contributed by atoms with van der Waals surface area (Å²) in [6, 6.07) is 5.17. The number of aromatic nitrogens is 4. The third-order valence-electron chi connectivity index (χ3n) is 3.33. The van der Waals surface area contributed by atoms with Crippen LogP contribution >= 0.6 is 11.3 Å². The average Bonchev–Trinajstić information content (AvgIpc) is 3.25. The van der Waals surface area contributed by atoms with E-state index in [2.05, 4.69) is 20.6 Å². The number of nitrogens with one attached hydrogen (secondary N) is 1. The van der Waals surface area contributed by atoms with Gasteiger partial charge in [0, 0.05) is 6.54 Å². The van der Waals surface area contributed by atoms with Crippen molar-refractivity contribution in [1.29, 1.82) is 0 Å². The van der Waals surface area contributed by atoms with E-state index in [9.17, 15) is 18.0 Å². The molecular formula is C13H8F3N5O3S. The summed E-state index contributed by atoms with van der Waals surface area (Å²) in [4.78, 5) is 12.0. The van der Waals surface area contributed by atoms with E-state index >= 15 is 0 Å². The lowest BCUT2D eigenvalue weighted by Gasteiger charge is -2.04. The van der Waals surface area contributed by atoms with Crippen LogP contribution in [0.5, 0.6) is 11.5 Å². The average molecular weight is 371 g/mol. The van der Waals surface area contributed by atoms with Gasteiger partial charge < -0.3 is 14.8 Å². The third kappa shape index (κ3) is 2.84. The molecule has 25 heavy (non-hydrogen) atoms. The lowest BCUT2D eigenvalue weighted by atomic mass is 10.2. The zero-order valence-electron chi connectivity index (χ0n) is 12.2. The Hall–Kier alpha value is -2.89. The Balaban J connectivity index is 1.49. The molecule has 3 aromatic rings. The highest BCUT2D eigenvalue weighted by Crippen LogP contribution is 2.32. The summed E-state index contributed by atoms with van der Waals surface area (Å²) in [6.45, 7) is 0.293. The number of hydrogen-bond donors (Lipinski definition) is 1. The van der Waals surface area contributed by atoms with Crippen molar-refractivity contribution in [1.82, 2.24) is 25.1 Å². The van der Waals surface area contributed by atoms with Gasteiger partial charge in [0.05, 0.1) is 0 Å². The van der Waals surface area contributed by atoms with E-state index in [0.29, 0.717) is 16.0 Å². The van der Waals surface area contributed by atoms with E-state index < -0.39 is 17.9 Å². The number of ether oxygens (including phenoxy) is 2. The number of alkyl halides is 3. The molecule has 0 unspecified atom stereocenters. The van der Waals surface area contributed by atoms with Crippen molar-refractivity contribution in [3.8, 4) is 11.5 Å². The number of hydrogen-bond acceptors (Lipinski definition) is 7. The number of amides is 1. The van der Waals surface area contributed by atoms with Crippen LogP contribution in [0.1, 0.15) is 21.2 Å². The highest BCUT2D eigenvalue weighted by atomic mass is 32.1. The Bertz CT molecular complexity index is 968. The molecule has 0 saturated heterocycles. The predicted molar refractivity (Wildman–Crippen MR) is 77.4 cm³/mol. The maximum Gasteiger partial charge on any atom is 0.453 e. The summed E-state index contributed by atoms with van der Waals surface area (Å²) in [5, 5.41) is 12.5. The van der Waals surface area contributed by atoms with Crippen LogP contribution in [0, 0.1) is 0 Å². The van der Waals surface area contributed by atoms with Gasteiger partial charge in [0.2, 0.25) is 16.8 Å². The van der Waals surface area contributed by atoms with Gasteiger partial charge in [0.15, 0.2) is 11.5 Å². The largest absolute Gasteiger partial charge is 0.454 e. The standard InChI is InChI=1S/C13H8F3N5O3S/c14-13(15,16)11-18-19-12-21(11)20-10(25-12)9(22)17-4-6-1-2-7-8(3-6)24-5-23-7/h1-3H,4-5H2,(H,17,22). The van der Waals surface area contributed by atoms with Gasteiger partial charge >= 0.3 is 6.18 Å². The SMILES string of the molecule is O=C(NCc1ccc2c(c1)OCO2)c1nn2c(C(F)(F)F)nnc2s1. The van der Waals surface area contributed by atoms with Crippen LogP contribution in [0.25, 0.3) is 4.96 Å². The lowest BCUT2D eigenvalue weighted by Crippen LogP contribution is -2.23. The van der Waals surface area contributed by atoms with E-state index in [-0.39, 0.29) is 23.3 Å². The topological polar surface area (TPSA) is 90.6 Å². The van der Waals surface area contributed by atoms with Crippen LogP contribution in [0.3, 0.4) is 0 Å². The first-order valence-corrected chi connectivity index (χ1v) is 7.69. The summed E-state index contributed by atoms with van der Waals surface area (Å²) in [5.74, 6) is -0.696. The van der Waals surface area contributed by atoms with Crippen molar-refractivity contribution in [3.05, 3.63) is 34.6 Å². The molecule has 0 bridgehead atoms. The maximum absolute atomic E-state index is 12.8. The van der Waals surface area contributed by atoms with Gasteiger partial charge in [-0.1, -0.05) is 17.4 Å². The second-order valence-electron chi connectivity index (χ2n) is 4.99. The molecule has 0 atom stereocenters. The fraction of sp³-hybridized carbons (Fsp3) is 0.231. The third-order valence-corrected chi connectivity index (χ3v) is 4.23. The second-order valence-corrected chi connectivity index (χ2v) is 5.95. The fourth-order valence-electron chi connectivity index (χ4n) is 2.19. The number of nitrogens with zero attached hydrogens (tertiary/aromatic N) is 4. The Morgan fingerprint density at radius 1 is 1.28 bits per heavy atom. The Labute approximate surface area is 141 Å². The van der Waals surface area contributed by atoms with Gasteiger partial charge in [-0.3, -0.25) is 4.79 Å². The molecule has 0 saturated carbocycles. The van der Waals surface area contributed by atoms with E-state index in [1.807, 2.05) is 0 Å². The van der Waals surface area contributed by atoms with Crippen molar-refractivity contribution < 1.29 is 27.4 Å². The summed E-state index contributed by atoms with van der Waals surface area (Å²) in [7, 11) is 0. The van der Waals surface area contributed by atoms with Crippen molar-refractivity contribution in [2.45, 2.75) is 12.7 Å². The molecule has 4 rings (SSSR count). The van der Waals surface area contributed by atoms with Crippen LogP contribution in [0.15, 0.2) is 18.2 Å². The molecular weight excluding hydrogens is 363 g/mol. The number of fused-ring (bicyclic) bond motifs is 2. The lowest BCUT2D eigenvalue weighted by molar-refractivity contribution is -0.146. The summed E-state index contributed by atoms with van der Waals surface area (Å²) >= 11 is 0.719. The van der Waals surface area contributed by atoms with Gasteiger partial charge in [0.1, 0.15) is 0 Å². The molecule has 1 aliphatic heterocycles. The molecule has 1 amide bonds. The zero-order valence-corrected chi connectivity index (χ0v) is 13.0. The molecule has 1 aliphatic rings. The fourth-order valence-corrected chi connectivity index (χ4v) is 2.95. The van der Waals surface area contributed by atoms with Crippen molar-refractivity contribution in [2.24, 2.45) is 0 Å². The van der Waals surface area contributed by atoms with Crippen LogP contribution in [-0.4, -0.2) is 32.5 Å². The number of carbonyl (C=O) groups is 1. The summed E-state index contributed by atoms with van der Waals surface area (Å²) in [6.07, 6.45) is -4.70. The molecule has 0 radical (unpaired) electrons. The van der Waals surface area contributed by atoms with Gasteiger partial charge in [-0.25, -0.2) is 0 Å². The Morgan fingerprint density at radius 3 is 2.88 bits per heavy atom. The molecule has 0 fully saturated rings. The minimum Gasteiger partial charge on any atom is -0.454 e. The van der Waals surface area contributed by atoms with Crippen LogP contribution in [0.2, 0.25) is 0 Å². The van der Waals surface area contributed by atoms with E-state index in [4.69, 9.17) is 9.47 Å². The number of benzene rings is 1. The Morgan fingerprint density at radius 2 is 2.08 bits per heavy atom. The smallest absolute Gasteiger partial charge is 0.453 e. The van der Waals surface area contributed by atoms with E-state index in [1.54, 1.807) is 18.2 Å². The number of rotatable bonds is 3. The van der Waals surface area contributed by atoms with Crippen LogP contribution in [-0.2, 0) is 12.7 Å². The molecule has 0 spiro atoms. The molecule has 0 aliphatic carbocycles. The molecule has 2 aromatic heterocycles. The molecule has 8 nitrogen and oxygen atoms in total. The summed E-state index contributed by atoms with van der Waals surface area (Å²) in [5.41, 5.74) is 0.747. The molecule has 1 N–H and O–H groups in total. The highest BCUT2D eigenvalue weighted by molar-refractivity contribution is 7.18. The quantitative estimate of drug-likeness (QED) is 0.756. The highest BCUT2D eigenvalue weighted by Gasteiger charge is 2.38. The normalized spacial score (nSPS) is 13.4. The molecule has 1 aromatic carbocycles. The zero-order chi connectivity index (χ0) is 17.6. The van der Waals surface area contributed by atoms with E-state index in [1.165, 1.54) is 0 Å². The first kappa shape index (κ1) is 15.6. The number of halogens is 3. The van der Waals surface area contributed by atoms with Gasteiger partial charge in [-0.2, -0.15) is 17.7 Å². The number of carbonyl (C=O) groups excluding carboxylic acids is 1. The minimum atomic E-state index is -4.70. The van der Waals surface area contributed by atoms with Gasteiger partial charge in [0.25, 0.3) is 11.7 Å². The van der Waals surface area contributed by atoms with Gasteiger partial charge in [-0.05, 0) is 17.7 Å². The van der Waals surface area contributed by atoms with Gasteiger partial charge in [-0.15, -0.1) is 15.3 Å². The van der Waals surface area contributed by atoms with Crippen LogP contribution < -0.4 is 14.8 Å². The molecule has 3 heterocycles. The minimum absolute atomic E-state index is 0.111. The summed E-state index contributed by atoms with van der Waals surface area (Å²) < 4.78 is 49.2. The second kappa shape index (κ2) is 5.58. The monoisotopic (exact) mass is 371 g/mol. The van der Waals surface area contributed by atoms with Crippen LogP contribution in [0.4, 0.5) is 13.2 Å². The maximum atomic E-state index is 12.8. The molecule has 12 heteroatoms. The van der Waals surface area contributed by atoms with Crippen molar-refractivity contribution in [3.63, 3.8) is 0 Å². The Kier molecular flexibility index (Phi) is 3.49. The molecule has 130 valence electrons.